The van der Waals surface area contributed by atoms with Gasteiger partial charge < -0.3 is 14.6 Å². The second-order valence-corrected chi connectivity index (χ2v) is 7.04. The zero-order chi connectivity index (χ0) is 21.3. The summed E-state index contributed by atoms with van der Waals surface area (Å²) in [4.78, 5) is 45.6. The Balaban J connectivity index is 1.68. The Labute approximate surface area is 171 Å². The molecule has 0 saturated carbocycles. The summed E-state index contributed by atoms with van der Waals surface area (Å²) in [6.45, 7) is 2.27. The lowest BCUT2D eigenvalue weighted by molar-refractivity contribution is -0.384. The van der Waals surface area contributed by atoms with E-state index in [0.717, 1.165) is 29.9 Å². The standard InChI is InChI=1S/C21H20N4O5/c1-2-30-21(27)14-10-13(11-15(12-14)25(28)29)20(26)24-9-5-8-18(24)19-22-16-6-3-4-7-17(16)23-19/h3-4,6-7,10-12,18H,2,5,8-9H2,1H3,(H,22,23)/t18-/m0/s1. The van der Waals surface area contributed by atoms with E-state index in [1.807, 2.05) is 24.3 Å². The number of hydrogen-bond donors (Lipinski definition) is 1. The number of aromatic amines is 1. The van der Waals surface area contributed by atoms with Gasteiger partial charge in [-0.05, 0) is 38.0 Å². The first kappa shape index (κ1) is 19.6. The highest BCUT2D eigenvalue weighted by Crippen LogP contribution is 2.33. The van der Waals surface area contributed by atoms with E-state index in [2.05, 4.69) is 9.97 Å². The van der Waals surface area contributed by atoms with Crippen LogP contribution >= 0.6 is 0 Å². The number of hydrogen-bond acceptors (Lipinski definition) is 6. The molecule has 1 fully saturated rings. The van der Waals surface area contributed by atoms with Crippen molar-refractivity contribution in [3.05, 3.63) is 69.5 Å². The van der Waals surface area contributed by atoms with Gasteiger partial charge in [-0.25, -0.2) is 9.78 Å². The molecule has 3 aromatic rings. The van der Waals surface area contributed by atoms with Gasteiger partial charge in [-0.3, -0.25) is 14.9 Å². The van der Waals surface area contributed by atoms with Crippen molar-refractivity contribution in [1.82, 2.24) is 14.9 Å². The van der Waals surface area contributed by atoms with E-state index in [9.17, 15) is 19.7 Å². The van der Waals surface area contributed by atoms with Crippen molar-refractivity contribution >= 4 is 28.6 Å². The van der Waals surface area contributed by atoms with Crippen LogP contribution in [0.4, 0.5) is 5.69 Å². The van der Waals surface area contributed by atoms with Crippen molar-refractivity contribution in [2.45, 2.75) is 25.8 Å². The van der Waals surface area contributed by atoms with Gasteiger partial charge in [0.15, 0.2) is 0 Å². The summed E-state index contributed by atoms with van der Waals surface area (Å²) in [5.41, 5.74) is 1.42. The number of ether oxygens (including phenoxy) is 1. The third kappa shape index (κ3) is 3.61. The number of fused-ring (bicyclic) bond motifs is 1. The van der Waals surface area contributed by atoms with Gasteiger partial charge in [0.05, 0.1) is 34.2 Å². The Bertz CT molecular complexity index is 1110. The van der Waals surface area contributed by atoms with Gasteiger partial charge in [-0.2, -0.15) is 0 Å². The monoisotopic (exact) mass is 408 g/mol. The van der Waals surface area contributed by atoms with Crippen LogP contribution in [0.5, 0.6) is 0 Å². The SMILES string of the molecule is CCOC(=O)c1cc(C(=O)N2CCC[C@H]2c2nc3ccccc3[nH]2)cc([N+](=O)[O-])c1. The zero-order valence-corrected chi connectivity index (χ0v) is 16.3. The number of nitrogens with zero attached hydrogens (tertiary/aromatic N) is 3. The largest absolute Gasteiger partial charge is 0.462 e. The third-order valence-electron chi connectivity index (χ3n) is 5.12. The van der Waals surface area contributed by atoms with Crippen molar-refractivity contribution in [2.24, 2.45) is 0 Å². The molecule has 9 nitrogen and oxygen atoms in total. The summed E-state index contributed by atoms with van der Waals surface area (Å²) in [7, 11) is 0. The summed E-state index contributed by atoms with van der Waals surface area (Å²) in [5.74, 6) is -0.407. The number of esters is 1. The quantitative estimate of drug-likeness (QED) is 0.391. The van der Waals surface area contributed by atoms with Crippen LogP contribution in [-0.2, 0) is 4.74 Å². The Morgan fingerprint density at radius 3 is 2.77 bits per heavy atom. The van der Waals surface area contributed by atoms with Crippen molar-refractivity contribution in [1.29, 1.82) is 0 Å². The number of para-hydroxylation sites is 2. The summed E-state index contributed by atoms with van der Waals surface area (Å²) < 4.78 is 4.95. The average molecular weight is 408 g/mol. The molecular formula is C21H20N4O5. The number of nitrogens with one attached hydrogen (secondary N) is 1. The maximum atomic E-state index is 13.3. The molecule has 0 radical (unpaired) electrons. The molecule has 2 heterocycles. The molecule has 1 aromatic heterocycles. The molecule has 30 heavy (non-hydrogen) atoms. The minimum absolute atomic E-state index is 0.0196. The van der Waals surface area contributed by atoms with Crippen LogP contribution in [-0.4, -0.2) is 44.8 Å². The van der Waals surface area contributed by atoms with E-state index in [1.165, 1.54) is 12.1 Å². The van der Waals surface area contributed by atoms with Crippen molar-refractivity contribution < 1.29 is 19.2 Å². The van der Waals surface area contributed by atoms with Crippen LogP contribution in [0.15, 0.2) is 42.5 Å². The second kappa shape index (κ2) is 7.94. The van der Waals surface area contributed by atoms with Crippen LogP contribution in [0, 0.1) is 10.1 Å². The van der Waals surface area contributed by atoms with E-state index < -0.39 is 10.9 Å². The topological polar surface area (TPSA) is 118 Å². The summed E-state index contributed by atoms with van der Waals surface area (Å²) in [6.07, 6.45) is 1.51. The number of aromatic nitrogens is 2. The molecule has 1 N–H and O–H groups in total. The van der Waals surface area contributed by atoms with Gasteiger partial charge in [0.2, 0.25) is 0 Å². The van der Waals surface area contributed by atoms with Crippen molar-refractivity contribution in [3.8, 4) is 0 Å². The van der Waals surface area contributed by atoms with E-state index in [1.54, 1.807) is 11.8 Å². The first-order valence-electron chi connectivity index (χ1n) is 9.70. The number of H-pyrrole nitrogens is 1. The van der Waals surface area contributed by atoms with Gasteiger partial charge in [0.25, 0.3) is 11.6 Å². The van der Waals surface area contributed by atoms with Crippen LogP contribution in [0.25, 0.3) is 11.0 Å². The van der Waals surface area contributed by atoms with E-state index in [4.69, 9.17) is 4.74 Å². The fourth-order valence-electron chi connectivity index (χ4n) is 3.76. The fourth-order valence-corrected chi connectivity index (χ4v) is 3.76. The van der Waals surface area contributed by atoms with E-state index in [-0.39, 0.29) is 35.4 Å². The Kier molecular flexibility index (Phi) is 5.18. The predicted octanol–water partition coefficient (Wildman–Crippen LogP) is 3.63. The molecule has 1 saturated heterocycles. The van der Waals surface area contributed by atoms with Gasteiger partial charge in [0.1, 0.15) is 5.82 Å². The molecule has 4 rings (SSSR count). The molecule has 154 valence electrons. The molecule has 9 heteroatoms. The van der Waals surface area contributed by atoms with E-state index >= 15 is 0 Å². The number of likely N-dealkylation sites (tertiary alicyclic amines) is 1. The summed E-state index contributed by atoms with van der Waals surface area (Å²) in [6, 6.07) is 11.0. The molecule has 0 unspecified atom stereocenters. The predicted molar refractivity (Wildman–Crippen MR) is 108 cm³/mol. The van der Waals surface area contributed by atoms with Gasteiger partial charge in [-0.15, -0.1) is 0 Å². The lowest BCUT2D eigenvalue weighted by Gasteiger charge is -2.23. The minimum atomic E-state index is -0.703. The second-order valence-electron chi connectivity index (χ2n) is 7.04. The molecule has 0 spiro atoms. The molecule has 1 amide bonds. The molecule has 0 aliphatic carbocycles. The number of non-ortho nitro benzene ring substituents is 1. The lowest BCUT2D eigenvalue weighted by Crippen LogP contribution is -2.31. The molecule has 2 aromatic carbocycles. The Morgan fingerprint density at radius 2 is 2.03 bits per heavy atom. The third-order valence-corrected chi connectivity index (χ3v) is 5.12. The first-order chi connectivity index (χ1) is 14.5. The maximum Gasteiger partial charge on any atom is 0.338 e. The van der Waals surface area contributed by atoms with Gasteiger partial charge in [-0.1, -0.05) is 12.1 Å². The highest BCUT2D eigenvalue weighted by molar-refractivity contribution is 5.99. The summed E-state index contributed by atoms with van der Waals surface area (Å²) >= 11 is 0. The Hall–Kier alpha value is -3.75. The lowest BCUT2D eigenvalue weighted by atomic mass is 10.1. The number of nitro groups is 1. The number of carbonyl (C=O) groups excluding carboxylic acids is 2. The number of amides is 1. The maximum absolute atomic E-state index is 13.3. The van der Waals surface area contributed by atoms with Gasteiger partial charge in [0, 0.05) is 24.2 Å². The Morgan fingerprint density at radius 1 is 1.27 bits per heavy atom. The van der Waals surface area contributed by atoms with Crippen LogP contribution in [0.2, 0.25) is 0 Å². The van der Waals surface area contributed by atoms with Crippen LogP contribution in [0.1, 0.15) is 52.3 Å². The number of imidazole rings is 1. The smallest absolute Gasteiger partial charge is 0.338 e. The molecule has 1 aliphatic rings. The minimum Gasteiger partial charge on any atom is -0.462 e. The number of carbonyl (C=O) groups is 2. The first-order valence-corrected chi connectivity index (χ1v) is 9.70. The fraction of sp³-hybridized carbons (Fsp3) is 0.286. The normalized spacial score (nSPS) is 16.0. The van der Waals surface area contributed by atoms with E-state index in [0.29, 0.717) is 12.4 Å². The van der Waals surface area contributed by atoms with Crippen LogP contribution < -0.4 is 0 Å². The number of benzene rings is 2. The highest BCUT2D eigenvalue weighted by atomic mass is 16.6. The molecule has 1 atom stereocenters. The highest BCUT2D eigenvalue weighted by Gasteiger charge is 2.33. The van der Waals surface area contributed by atoms with Crippen molar-refractivity contribution in [2.75, 3.05) is 13.2 Å². The van der Waals surface area contributed by atoms with Crippen molar-refractivity contribution in [3.63, 3.8) is 0 Å². The average Bonchev–Trinajstić information content (AvgIpc) is 3.39. The van der Waals surface area contributed by atoms with Crippen LogP contribution in [0.3, 0.4) is 0 Å². The number of nitro benzene ring substituents is 1. The summed E-state index contributed by atoms with van der Waals surface area (Å²) in [5, 5.41) is 11.3. The zero-order valence-electron chi connectivity index (χ0n) is 16.3. The molecule has 0 bridgehead atoms. The number of rotatable bonds is 5. The molecule has 1 aliphatic heterocycles. The molecular weight excluding hydrogens is 388 g/mol. The van der Waals surface area contributed by atoms with Gasteiger partial charge >= 0.3 is 5.97 Å².